The third kappa shape index (κ3) is 2.64. The van der Waals surface area contributed by atoms with Crippen molar-refractivity contribution in [1.82, 2.24) is 0 Å². The second kappa shape index (κ2) is 5.24. The highest BCUT2D eigenvalue weighted by Gasteiger charge is 2.21. The van der Waals surface area contributed by atoms with Crippen molar-refractivity contribution in [3.8, 4) is 0 Å². The number of hydrogen-bond donors (Lipinski definition) is 1. The van der Waals surface area contributed by atoms with Crippen LogP contribution in [-0.2, 0) is 0 Å². The topological polar surface area (TPSA) is 72.4 Å². The molecular weight excluding hydrogens is 298 g/mol. The van der Waals surface area contributed by atoms with Gasteiger partial charge in [-0.1, -0.05) is 0 Å². The van der Waals surface area contributed by atoms with Gasteiger partial charge in [0.1, 0.15) is 0 Å². The number of benzene rings is 1. The first-order valence-electron chi connectivity index (χ1n) is 5.94. The number of piperidine rings is 1. The van der Waals surface area contributed by atoms with E-state index in [0.29, 0.717) is 5.56 Å². The Balaban J connectivity index is 2.34. The number of nitro groups is 1. The molecule has 5 nitrogen and oxygen atoms in total. The van der Waals surface area contributed by atoms with E-state index >= 15 is 0 Å². The number of nitrogens with zero attached hydrogens (tertiary/aromatic N) is 2. The lowest BCUT2D eigenvalue weighted by atomic mass is 10.0. The molecule has 1 saturated heterocycles. The van der Waals surface area contributed by atoms with Crippen molar-refractivity contribution in [3.63, 3.8) is 0 Å². The van der Waals surface area contributed by atoms with E-state index in [-0.39, 0.29) is 16.7 Å². The van der Waals surface area contributed by atoms with Gasteiger partial charge in [-0.3, -0.25) is 10.1 Å². The fourth-order valence-electron chi connectivity index (χ4n) is 2.32. The molecule has 1 aliphatic rings. The molecule has 6 heteroatoms. The predicted molar refractivity (Wildman–Crippen MR) is 75.0 cm³/mol. The normalized spacial score (nSPS) is 19.9. The Labute approximate surface area is 114 Å². The number of hydrogen-bond acceptors (Lipinski definition) is 4. The number of nitro benzene ring substituents is 1. The van der Waals surface area contributed by atoms with Gasteiger partial charge in [0.05, 0.1) is 10.6 Å². The summed E-state index contributed by atoms with van der Waals surface area (Å²) in [7, 11) is 0. The number of anilines is 1. The van der Waals surface area contributed by atoms with Crippen molar-refractivity contribution in [2.45, 2.75) is 25.8 Å². The maximum Gasteiger partial charge on any atom is 0.273 e. The Hall–Kier alpha value is -1.14. The first-order valence-corrected chi connectivity index (χ1v) is 6.73. The molecule has 0 bridgehead atoms. The molecule has 1 fully saturated rings. The largest absolute Gasteiger partial charge is 0.369 e. The third-order valence-corrected chi connectivity index (χ3v) is 3.90. The molecule has 0 amide bonds. The van der Waals surface area contributed by atoms with Crippen molar-refractivity contribution >= 4 is 27.3 Å². The van der Waals surface area contributed by atoms with Crippen molar-refractivity contribution in [1.29, 1.82) is 0 Å². The molecule has 1 unspecified atom stereocenters. The maximum atomic E-state index is 10.9. The minimum absolute atomic E-state index is 0.145. The standard InChI is InChI=1S/C12H16BrN3O2/c1-8-5-12(10(13)6-11(8)16(17)18)15-4-2-3-9(14)7-15/h5-6,9H,2-4,7,14H2,1H3. The third-order valence-electron chi connectivity index (χ3n) is 3.26. The number of aryl methyl sites for hydroxylation is 1. The molecule has 1 aromatic carbocycles. The molecule has 18 heavy (non-hydrogen) atoms. The van der Waals surface area contributed by atoms with Crippen LogP contribution in [0.3, 0.4) is 0 Å². The lowest BCUT2D eigenvalue weighted by Gasteiger charge is -2.33. The fraction of sp³-hybridized carbons (Fsp3) is 0.500. The molecule has 0 saturated carbocycles. The lowest BCUT2D eigenvalue weighted by molar-refractivity contribution is -0.385. The monoisotopic (exact) mass is 313 g/mol. The summed E-state index contributed by atoms with van der Waals surface area (Å²) >= 11 is 3.42. The van der Waals surface area contributed by atoms with Crippen molar-refractivity contribution in [2.24, 2.45) is 5.73 Å². The molecule has 0 radical (unpaired) electrons. The van der Waals surface area contributed by atoms with Crippen LogP contribution in [-0.4, -0.2) is 24.1 Å². The first-order chi connectivity index (χ1) is 8.49. The van der Waals surface area contributed by atoms with Crippen LogP contribution in [0.25, 0.3) is 0 Å². The van der Waals surface area contributed by atoms with Gasteiger partial charge in [-0.2, -0.15) is 0 Å². The van der Waals surface area contributed by atoms with Gasteiger partial charge >= 0.3 is 0 Å². The Morgan fingerprint density at radius 3 is 2.89 bits per heavy atom. The van der Waals surface area contributed by atoms with Gasteiger partial charge < -0.3 is 10.6 Å². The van der Waals surface area contributed by atoms with Crippen LogP contribution >= 0.6 is 15.9 Å². The highest BCUT2D eigenvalue weighted by atomic mass is 79.9. The summed E-state index contributed by atoms with van der Waals surface area (Å²) < 4.78 is 0.758. The summed E-state index contributed by atoms with van der Waals surface area (Å²) in [5, 5.41) is 10.9. The second-order valence-corrected chi connectivity index (χ2v) is 5.55. The van der Waals surface area contributed by atoms with Crippen molar-refractivity contribution in [2.75, 3.05) is 18.0 Å². The fourth-order valence-corrected chi connectivity index (χ4v) is 2.91. The van der Waals surface area contributed by atoms with Crippen LogP contribution in [0, 0.1) is 17.0 Å². The van der Waals surface area contributed by atoms with E-state index < -0.39 is 0 Å². The Kier molecular flexibility index (Phi) is 3.87. The Morgan fingerprint density at radius 2 is 2.28 bits per heavy atom. The van der Waals surface area contributed by atoms with E-state index in [9.17, 15) is 10.1 Å². The average molecular weight is 314 g/mol. The molecule has 1 aliphatic heterocycles. The van der Waals surface area contributed by atoms with Crippen LogP contribution in [0.4, 0.5) is 11.4 Å². The van der Waals surface area contributed by atoms with Gasteiger partial charge in [-0.15, -0.1) is 0 Å². The van der Waals surface area contributed by atoms with Gasteiger partial charge in [0, 0.05) is 35.2 Å². The van der Waals surface area contributed by atoms with E-state index in [1.54, 1.807) is 13.0 Å². The summed E-state index contributed by atoms with van der Waals surface area (Å²) in [5.41, 5.74) is 7.78. The molecule has 0 spiro atoms. The van der Waals surface area contributed by atoms with Crippen LogP contribution in [0.2, 0.25) is 0 Å². The minimum Gasteiger partial charge on any atom is -0.369 e. The molecule has 2 N–H and O–H groups in total. The molecule has 98 valence electrons. The van der Waals surface area contributed by atoms with Crippen molar-refractivity contribution in [3.05, 3.63) is 32.3 Å². The molecule has 1 atom stereocenters. The van der Waals surface area contributed by atoms with Crippen LogP contribution in [0.15, 0.2) is 16.6 Å². The molecule has 1 heterocycles. The van der Waals surface area contributed by atoms with E-state index in [1.807, 2.05) is 6.07 Å². The smallest absolute Gasteiger partial charge is 0.273 e. The van der Waals surface area contributed by atoms with Crippen LogP contribution < -0.4 is 10.6 Å². The van der Waals surface area contributed by atoms with Crippen LogP contribution in [0.5, 0.6) is 0 Å². The zero-order valence-electron chi connectivity index (χ0n) is 10.2. The molecule has 2 rings (SSSR count). The zero-order chi connectivity index (χ0) is 13.3. The van der Waals surface area contributed by atoms with Gasteiger partial charge in [-0.05, 0) is 41.8 Å². The number of rotatable bonds is 2. The summed E-state index contributed by atoms with van der Waals surface area (Å²) in [5.74, 6) is 0. The molecule has 0 aromatic heterocycles. The summed E-state index contributed by atoms with van der Waals surface area (Å²) in [6.45, 7) is 3.51. The second-order valence-electron chi connectivity index (χ2n) is 4.70. The van der Waals surface area contributed by atoms with Gasteiger partial charge in [0.2, 0.25) is 0 Å². The summed E-state index contributed by atoms with van der Waals surface area (Å²) in [6.07, 6.45) is 2.10. The van der Waals surface area contributed by atoms with Gasteiger partial charge in [0.25, 0.3) is 5.69 Å². The van der Waals surface area contributed by atoms with Gasteiger partial charge in [-0.25, -0.2) is 0 Å². The molecule has 1 aromatic rings. The number of nitrogens with two attached hydrogens (primary N) is 1. The highest BCUT2D eigenvalue weighted by Crippen LogP contribution is 2.34. The average Bonchev–Trinajstić information content (AvgIpc) is 2.31. The number of halogens is 1. The summed E-state index contributed by atoms with van der Waals surface area (Å²) in [4.78, 5) is 12.7. The zero-order valence-corrected chi connectivity index (χ0v) is 11.8. The van der Waals surface area contributed by atoms with E-state index in [1.165, 1.54) is 0 Å². The van der Waals surface area contributed by atoms with Gasteiger partial charge in [0.15, 0.2) is 0 Å². The van der Waals surface area contributed by atoms with E-state index in [0.717, 1.165) is 36.1 Å². The minimum atomic E-state index is -0.355. The van der Waals surface area contributed by atoms with Crippen LogP contribution in [0.1, 0.15) is 18.4 Å². The predicted octanol–water partition coefficient (Wildman–Crippen LogP) is 2.59. The molecular formula is C12H16BrN3O2. The SMILES string of the molecule is Cc1cc(N2CCCC(N)C2)c(Br)cc1[N+](=O)[O-]. The first kappa shape index (κ1) is 13.3. The molecule has 0 aliphatic carbocycles. The van der Waals surface area contributed by atoms with E-state index in [4.69, 9.17) is 5.73 Å². The summed E-state index contributed by atoms with van der Waals surface area (Å²) in [6, 6.07) is 3.62. The Morgan fingerprint density at radius 1 is 1.56 bits per heavy atom. The maximum absolute atomic E-state index is 10.9. The van der Waals surface area contributed by atoms with E-state index in [2.05, 4.69) is 20.8 Å². The highest BCUT2D eigenvalue weighted by molar-refractivity contribution is 9.10. The Bertz CT molecular complexity index is 479. The quantitative estimate of drug-likeness (QED) is 0.673. The van der Waals surface area contributed by atoms with Crippen molar-refractivity contribution < 1.29 is 4.92 Å². The lowest BCUT2D eigenvalue weighted by Crippen LogP contribution is -2.43.